The molecule has 0 bridgehead atoms. The highest BCUT2D eigenvalue weighted by atomic mass is 16.7. The summed E-state index contributed by atoms with van der Waals surface area (Å²) in [6, 6.07) is 0. The van der Waals surface area contributed by atoms with E-state index in [1.807, 2.05) is 27.7 Å². The first-order valence-corrected chi connectivity index (χ1v) is 8.08. The molecule has 0 saturated heterocycles. The van der Waals surface area contributed by atoms with Gasteiger partial charge in [0.25, 0.3) is 0 Å². The standard InChI is InChI=1S/C17H30O6/c1-8-12(4)20-14(6)22-16(18)10-11(3)17(19)23-15(7)21-13(5)9-2/h12-15H,3,8-10H2,1-2,4-7H3. The highest BCUT2D eigenvalue weighted by Gasteiger charge is 2.20. The number of hydrogen-bond donors (Lipinski definition) is 0. The van der Waals surface area contributed by atoms with Crippen LogP contribution in [0.5, 0.6) is 0 Å². The van der Waals surface area contributed by atoms with Crippen LogP contribution in [0.4, 0.5) is 0 Å². The first kappa shape index (κ1) is 21.6. The van der Waals surface area contributed by atoms with Gasteiger partial charge in [0.1, 0.15) is 0 Å². The molecular formula is C17H30O6. The molecule has 0 aromatic rings. The fourth-order valence-electron chi connectivity index (χ4n) is 1.61. The van der Waals surface area contributed by atoms with Gasteiger partial charge in [-0.1, -0.05) is 20.4 Å². The Morgan fingerprint density at radius 1 is 0.870 bits per heavy atom. The number of carbonyl (C=O) groups is 2. The molecule has 6 nitrogen and oxygen atoms in total. The highest BCUT2D eigenvalue weighted by Crippen LogP contribution is 2.10. The molecule has 134 valence electrons. The molecule has 0 aliphatic rings. The molecule has 0 aliphatic heterocycles. The molecule has 0 aliphatic carbocycles. The van der Waals surface area contributed by atoms with Crippen molar-refractivity contribution in [3.05, 3.63) is 12.2 Å². The number of ether oxygens (including phenoxy) is 4. The van der Waals surface area contributed by atoms with Crippen molar-refractivity contribution in [2.45, 2.75) is 85.6 Å². The van der Waals surface area contributed by atoms with Crippen LogP contribution in [0.15, 0.2) is 12.2 Å². The summed E-state index contributed by atoms with van der Waals surface area (Å²) in [7, 11) is 0. The van der Waals surface area contributed by atoms with Crippen molar-refractivity contribution in [1.29, 1.82) is 0 Å². The van der Waals surface area contributed by atoms with Gasteiger partial charge in [0.2, 0.25) is 6.29 Å². The molecule has 0 heterocycles. The van der Waals surface area contributed by atoms with Gasteiger partial charge < -0.3 is 18.9 Å². The summed E-state index contributed by atoms with van der Waals surface area (Å²) in [6.07, 6.45) is -0.0210. The van der Waals surface area contributed by atoms with Crippen LogP contribution in [0.1, 0.15) is 60.8 Å². The molecule has 0 amide bonds. The summed E-state index contributed by atoms with van der Waals surface area (Å²) < 4.78 is 21.0. The smallest absolute Gasteiger partial charge is 0.336 e. The lowest BCUT2D eigenvalue weighted by Crippen LogP contribution is -2.25. The van der Waals surface area contributed by atoms with E-state index in [0.717, 1.165) is 12.8 Å². The topological polar surface area (TPSA) is 71.1 Å². The van der Waals surface area contributed by atoms with Crippen molar-refractivity contribution in [2.75, 3.05) is 0 Å². The molecule has 4 atom stereocenters. The second kappa shape index (κ2) is 11.2. The van der Waals surface area contributed by atoms with E-state index >= 15 is 0 Å². The molecule has 4 unspecified atom stereocenters. The van der Waals surface area contributed by atoms with Crippen LogP contribution in [-0.4, -0.2) is 36.7 Å². The summed E-state index contributed by atoms with van der Waals surface area (Å²) in [5.74, 6) is -1.26. The SMILES string of the molecule is C=C(CC(=O)OC(C)OC(C)CC)C(=O)OC(C)OC(C)CC. The van der Waals surface area contributed by atoms with Gasteiger partial charge in [0.15, 0.2) is 6.29 Å². The third kappa shape index (κ3) is 10.1. The normalized spacial score (nSPS) is 16.1. The molecule has 0 radical (unpaired) electrons. The van der Waals surface area contributed by atoms with Crippen molar-refractivity contribution < 1.29 is 28.5 Å². The third-order valence-electron chi connectivity index (χ3n) is 3.21. The maximum Gasteiger partial charge on any atom is 0.336 e. The van der Waals surface area contributed by atoms with E-state index in [2.05, 4.69) is 6.58 Å². The predicted octanol–water partition coefficient (Wildman–Crippen LogP) is 3.34. The largest absolute Gasteiger partial charge is 0.436 e. The van der Waals surface area contributed by atoms with E-state index in [4.69, 9.17) is 18.9 Å². The van der Waals surface area contributed by atoms with E-state index in [9.17, 15) is 9.59 Å². The van der Waals surface area contributed by atoms with Gasteiger partial charge >= 0.3 is 11.9 Å². The highest BCUT2D eigenvalue weighted by molar-refractivity contribution is 5.93. The molecule has 0 rings (SSSR count). The predicted molar refractivity (Wildman–Crippen MR) is 86.5 cm³/mol. The van der Waals surface area contributed by atoms with E-state index in [1.54, 1.807) is 13.8 Å². The molecule has 0 aromatic heterocycles. The second-order valence-electron chi connectivity index (χ2n) is 5.52. The molecule has 23 heavy (non-hydrogen) atoms. The summed E-state index contributed by atoms with van der Waals surface area (Å²) >= 11 is 0. The number of rotatable bonds is 11. The van der Waals surface area contributed by atoms with Crippen molar-refractivity contribution in [3.63, 3.8) is 0 Å². The van der Waals surface area contributed by atoms with Gasteiger partial charge in [-0.15, -0.1) is 0 Å². The fourth-order valence-corrected chi connectivity index (χ4v) is 1.61. The van der Waals surface area contributed by atoms with E-state index in [0.29, 0.717) is 0 Å². The van der Waals surface area contributed by atoms with Crippen LogP contribution in [0.3, 0.4) is 0 Å². The Morgan fingerprint density at radius 2 is 1.30 bits per heavy atom. The van der Waals surface area contributed by atoms with Crippen LogP contribution in [0, 0.1) is 0 Å². The third-order valence-corrected chi connectivity index (χ3v) is 3.21. The summed E-state index contributed by atoms with van der Waals surface area (Å²) in [6.45, 7) is 14.5. The number of carbonyl (C=O) groups excluding carboxylic acids is 2. The minimum atomic E-state index is -0.696. The van der Waals surface area contributed by atoms with Gasteiger partial charge in [-0.3, -0.25) is 4.79 Å². The van der Waals surface area contributed by atoms with Crippen LogP contribution < -0.4 is 0 Å². The van der Waals surface area contributed by atoms with Crippen LogP contribution in [0.25, 0.3) is 0 Å². The quantitative estimate of drug-likeness (QED) is 0.329. The van der Waals surface area contributed by atoms with Gasteiger partial charge in [-0.05, 0) is 40.5 Å². The maximum atomic E-state index is 11.8. The van der Waals surface area contributed by atoms with E-state index < -0.39 is 24.5 Å². The van der Waals surface area contributed by atoms with E-state index in [-0.39, 0.29) is 24.2 Å². The van der Waals surface area contributed by atoms with E-state index in [1.165, 1.54) is 0 Å². The average Bonchev–Trinajstić information content (AvgIpc) is 2.45. The number of esters is 2. The molecule has 0 aromatic carbocycles. The lowest BCUT2D eigenvalue weighted by Gasteiger charge is -2.20. The lowest BCUT2D eigenvalue weighted by molar-refractivity contribution is -0.186. The van der Waals surface area contributed by atoms with Crippen molar-refractivity contribution >= 4 is 11.9 Å². The minimum absolute atomic E-state index is 0.00970. The Labute approximate surface area is 139 Å². The summed E-state index contributed by atoms with van der Waals surface area (Å²) in [5.41, 5.74) is 0.0188. The molecule has 0 N–H and O–H groups in total. The average molecular weight is 330 g/mol. The summed E-state index contributed by atoms with van der Waals surface area (Å²) in [5, 5.41) is 0. The molecule has 0 spiro atoms. The minimum Gasteiger partial charge on any atom is -0.436 e. The zero-order valence-corrected chi connectivity index (χ0v) is 15.1. The first-order valence-electron chi connectivity index (χ1n) is 8.08. The van der Waals surface area contributed by atoms with Gasteiger partial charge in [-0.2, -0.15) is 0 Å². The first-order chi connectivity index (χ1) is 10.7. The monoisotopic (exact) mass is 330 g/mol. The Morgan fingerprint density at radius 3 is 1.74 bits per heavy atom. The van der Waals surface area contributed by atoms with Crippen LogP contribution >= 0.6 is 0 Å². The Bertz CT molecular complexity index is 393. The molecule has 0 fully saturated rings. The zero-order chi connectivity index (χ0) is 18.0. The van der Waals surface area contributed by atoms with Crippen molar-refractivity contribution in [1.82, 2.24) is 0 Å². The Balaban J connectivity index is 4.20. The number of hydrogen-bond acceptors (Lipinski definition) is 6. The maximum absolute atomic E-state index is 11.8. The molecule has 6 heteroatoms. The van der Waals surface area contributed by atoms with Crippen LogP contribution in [-0.2, 0) is 28.5 Å². The van der Waals surface area contributed by atoms with Crippen LogP contribution in [0.2, 0.25) is 0 Å². The Hall–Kier alpha value is -1.40. The summed E-state index contributed by atoms with van der Waals surface area (Å²) in [4.78, 5) is 23.6. The lowest BCUT2D eigenvalue weighted by atomic mass is 10.2. The Kier molecular flexibility index (Phi) is 10.5. The van der Waals surface area contributed by atoms with Gasteiger partial charge in [0.05, 0.1) is 18.6 Å². The fraction of sp³-hybridized carbons (Fsp3) is 0.765. The van der Waals surface area contributed by atoms with Crippen molar-refractivity contribution in [2.24, 2.45) is 0 Å². The second-order valence-corrected chi connectivity index (χ2v) is 5.52. The zero-order valence-electron chi connectivity index (χ0n) is 15.1. The van der Waals surface area contributed by atoms with Gasteiger partial charge in [0, 0.05) is 5.57 Å². The molecule has 0 saturated carbocycles. The van der Waals surface area contributed by atoms with Gasteiger partial charge in [-0.25, -0.2) is 4.79 Å². The van der Waals surface area contributed by atoms with Crippen molar-refractivity contribution in [3.8, 4) is 0 Å². The molecular weight excluding hydrogens is 300 g/mol.